The second kappa shape index (κ2) is 3.95. The first kappa shape index (κ1) is 10.3. The summed E-state index contributed by atoms with van der Waals surface area (Å²) in [6, 6.07) is 0. The topological polar surface area (TPSA) is 28.7 Å². The molecule has 0 saturated heterocycles. The van der Waals surface area contributed by atoms with Crippen LogP contribution in [-0.4, -0.2) is 9.97 Å². The third-order valence-corrected chi connectivity index (χ3v) is 2.14. The first-order chi connectivity index (χ1) is 6.04. The summed E-state index contributed by atoms with van der Waals surface area (Å²) in [5.74, 6) is 1.10. The van der Waals surface area contributed by atoms with Gasteiger partial charge in [0.25, 0.3) is 0 Å². The van der Waals surface area contributed by atoms with Crippen molar-refractivity contribution in [3.05, 3.63) is 17.7 Å². The summed E-state index contributed by atoms with van der Waals surface area (Å²) in [5, 5.41) is 0. The highest BCUT2D eigenvalue weighted by molar-refractivity contribution is 5.08. The number of rotatable bonds is 3. The number of nitrogens with one attached hydrogen (secondary N) is 1. The molecular weight excluding hydrogens is 160 g/mol. The average molecular weight is 180 g/mol. The quantitative estimate of drug-likeness (QED) is 0.761. The molecule has 0 aromatic carbocycles. The predicted molar refractivity (Wildman–Crippen MR) is 55.9 cm³/mol. The van der Waals surface area contributed by atoms with Gasteiger partial charge in [-0.15, -0.1) is 0 Å². The standard InChI is InChI=1S/C11H20N2/c1-5-6-7-9-8-12-10(13-9)11(2,3)4/h8H,5-7H2,1-4H3,(H,12,13). The van der Waals surface area contributed by atoms with Gasteiger partial charge in [-0.3, -0.25) is 0 Å². The molecule has 0 bridgehead atoms. The number of hydrogen-bond donors (Lipinski definition) is 1. The molecule has 0 aliphatic heterocycles. The van der Waals surface area contributed by atoms with Crippen LogP contribution in [-0.2, 0) is 11.8 Å². The first-order valence-electron chi connectivity index (χ1n) is 5.08. The van der Waals surface area contributed by atoms with E-state index in [1.165, 1.54) is 18.5 Å². The van der Waals surface area contributed by atoms with E-state index in [0.717, 1.165) is 12.2 Å². The first-order valence-corrected chi connectivity index (χ1v) is 5.08. The Morgan fingerprint density at radius 3 is 2.54 bits per heavy atom. The molecule has 0 amide bonds. The highest BCUT2D eigenvalue weighted by atomic mass is 14.9. The molecule has 0 radical (unpaired) electrons. The summed E-state index contributed by atoms with van der Waals surface area (Å²) in [6.07, 6.45) is 5.57. The van der Waals surface area contributed by atoms with Crippen LogP contribution in [0.15, 0.2) is 6.20 Å². The Morgan fingerprint density at radius 2 is 2.08 bits per heavy atom. The van der Waals surface area contributed by atoms with Gasteiger partial charge in [0.15, 0.2) is 0 Å². The van der Waals surface area contributed by atoms with Gasteiger partial charge in [-0.25, -0.2) is 4.98 Å². The largest absolute Gasteiger partial charge is 0.345 e. The lowest BCUT2D eigenvalue weighted by molar-refractivity contribution is 0.550. The normalized spacial score (nSPS) is 12.0. The minimum absolute atomic E-state index is 0.143. The van der Waals surface area contributed by atoms with Crippen LogP contribution in [0.1, 0.15) is 52.1 Å². The van der Waals surface area contributed by atoms with Crippen LogP contribution in [0.2, 0.25) is 0 Å². The van der Waals surface area contributed by atoms with Crippen molar-refractivity contribution in [1.82, 2.24) is 9.97 Å². The molecule has 1 N–H and O–H groups in total. The van der Waals surface area contributed by atoms with Gasteiger partial charge in [-0.1, -0.05) is 34.1 Å². The lowest BCUT2D eigenvalue weighted by atomic mass is 9.96. The zero-order valence-corrected chi connectivity index (χ0v) is 9.15. The minimum Gasteiger partial charge on any atom is -0.345 e. The Bertz CT molecular complexity index is 255. The van der Waals surface area contributed by atoms with E-state index in [2.05, 4.69) is 37.7 Å². The van der Waals surface area contributed by atoms with E-state index >= 15 is 0 Å². The van der Waals surface area contributed by atoms with Gasteiger partial charge in [0.05, 0.1) is 0 Å². The fourth-order valence-corrected chi connectivity index (χ4v) is 1.23. The number of H-pyrrole nitrogens is 1. The van der Waals surface area contributed by atoms with Crippen molar-refractivity contribution in [1.29, 1.82) is 0 Å². The molecule has 1 aromatic heterocycles. The van der Waals surface area contributed by atoms with E-state index < -0.39 is 0 Å². The molecule has 0 spiro atoms. The molecule has 2 nitrogen and oxygen atoms in total. The Hall–Kier alpha value is -0.790. The third kappa shape index (κ3) is 2.87. The monoisotopic (exact) mass is 180 g/mol. The van der Waals surface area contributed by atoms with Gasteiger partial charge in [0.2, 0.25) is 0 Å². The fourth-order valence-electron chi connectivity index (χ4n) is 1.23. The molecule has 0 aliphatic rings. The molecule has 0 saturated carbocycles. The number of imidazole rings is 1. The van der Waals surface area contributed by atoms with Gasteiger partial charge in [-0.2, -0.15) is 0 Å². The Labute approximate surface area is 80.8 Å². The molecule has 0 unspecified atom stereocenters. The second-order valence-electron chi connectivity index (χ2n) is 4.61. The maximum atomic E-state index is 4.38. The molecule has 1 aromatic rings. The van der Waals surface area contributed by atoms with Crippen LogP contribution in [0.4, 0.5) is 0 Å². The van der Waals surface area contributed by atoms with E-state index in [1.807, 2.05) is 6.20 Å². The van der Waals surface area contributed by atoms with Crippen LogP contribution in [0.3, 0.4) is 0 Å². The number of hydrogen-bond acceptors (Lipinski definition) is 1. The summed E-state index contributed by atoms with van der Waals surface area (Å²) >= 11 is 0. The number of nitrogens with zero attached hydrogens (tertiary/aromatic N) is 1. The highest BCUT2D eigenvalue weighted by Crippen LogP contribution is 2.18. The van der Waals surface area contributed by atoms with Crippen LogP contribution < -0.4 is 0 Å². The Kier molecular flexibility index (Phi) is 3.12. The number of aryl methyl sites for hydroxylation is 1. The summed E-state index contributed by atoms with van der Waals surface area (Å²) in [4.78, 5) is 7.76. The zero-order chi connectivity index (χ0) is 9.90. The lowest BCUT2D eigenvalue weighted by Gasteiger charge is -2.14. The molecule has 0 aliphatic carbocycles. The molecule has 2 heteroatoms. The van der Waals surface area contributed by atoms with E-state index in [1.54, 1.807) is 0 Å². The number of aromatic nitrogens is 2. The number of aromatic amines is 1. The van der Waals surface area contributed by atoms with Crippen molar-refractivity contribution in [3.63, 3.8) is 0 Å². The van der Waals surface area contributed by atoms with Crippen LogP contribution in [0, 0.1) is 0 Å². The average Bonchev–Trinajstić information content (AvgIpc) is 2.47. The van der Waals surface area contributed by atoms with E-state index in [0.29, 0.717) is 0 Å². The van der Waals surface area contributed by atoms with Crippen molar-refractivity contribution < 1.29 is 0 Å². The van der Waals surface area contributed by atoms with Crippen LogP contribution >= 0.6 is 0 Å². The Balaban J connectivity index is 2.64. The molecule has 0 fully saturated rings. The van der Waals surface area contributed by atoms with Gasteiger partial charge in [-0.05, 0) is 12.8 Å². The summed E-state index contributed by atoms with van der Waals surface area (Å²) in [5.41, 5.74) is 1.41. The maximum Gasteiger partial charge on any atom is 0.111 e. The second-order valence-corrected chi connectivity index (χ2v) is 4.61. The fraction of sp³-hybridized carbons (Fsp3) is 0.727. The zero-order valence-electron chi connectivity index (χ0n) is 9.15. The maximum absolute atomic E-state index is 4.38. The van der Waals surface area contributed by atoms with Gasteiger partial charge in [0, 0.05) is 17.3 Å². The SMILES string of the molecule is CCCCc1cnc(C(C)(C)C)[nH]1. The molecule has 1 rings (SSSR count). The van der Waals surface area contributed by atoms with Crippen molar-refractivity contribution in [2.45, 2.75) is 52.4 Å². The van der Waals surface area contributed by atoms with Crippen LogP contribution in [0.25, 0.3) is 0 Å². The minimum atomic E-state index is 0.143. The highest BCUT2D eigenvalue weighted by Gasteiger charge is 2.16. The smallest absolute Gasteiger partial charge is 0.111 e. The molecule has 74 valence electrons. The van der Waals surface area contributed by atoms with E-state index in [9.17, 15) is 0 Å². The number of unbranched alkanes of at least 4 members (excludes halogenated alkanes) is 1. The molecule has 13 heavy (non-hydrogen) atoms. The third-order valence-electron chi connectivity index (χ3n) is 2.14. The summed E-state index contributed by atoms with van der Waals surface area (Å²) < 4.78 is 0. The van der Waals surface area contributed by atoms with E-state index in [-0.39, 0.29) is 5.41 Å². The predicted octanol–water partition coefficient (Wildman–Crippen LogP) is 3.05. The molecule has 1 heterocycles. The van der Waals surface area contributed by atoms with Crippen LogP contribution in [0.5, 0.6) is 0 Å². The van der Waals surface area contributed by atoms with Crippen molar-refractivity contribution in [2.24, 2.45) is 0 Å². The summed E-state index contributed by atoms with van der Waals surface area (Å²) in [7, 11) is 0. The van der Waals surface area contributed by atoms with Gasteiger partial charge in [0.1, 0.15) is 5.82 Å². The van der Waals surface area contributed by atoms with Gasteiger partial charge < -0.3 is 4.98 Å². The summed E-state index contributed by atoms with van der Waals surface area (Å²) in [6.45, 7) is 8.74. The van der Waals surface area contributed by atoms with Crippen molar-refractivity contribution >= 4 is 0 Å². The van der Waals surface area contributed by atoms with Crippen molar-refractivity contribution in [3.8, 4) is 0 Å². The lowest BCUT2D eigenvalue weighted by Crippen LogP contribution is -2.13. The molecular formula is C11H20N2. The van der Waals surface area contributed by atoms with Gasteiger partial charge >= 0.3 is 0 Å². The van der Waals surface area contributed by atoms with Crippen molar-refractivity contribution in [2.75, 3.05) is 0 Å². The van der Waals surface area contributed by atoms with E-state index in [4.69, 9.17) is 0 Å². The molecule has 0 atom stereocenters. The Morgan fingerprint density at radius 1 is 1.38 bits per heavy atom.